The molecule has 3 aromatic carbocycles. The molecule has 1 aliphatic heterocycles. The molecule has 5 nitrogen and oxygen atoms in total. The average Bonchev–Trinajstić information content (AvgIpc) is 3.66. The third-order valence-corrected chi connectivity index (χ3v) is 11.7. The molecular formula is C43H46IrN4OSi-2. The molecule has 0 saturated carbocycles. The predicted octanol–water partition coefficient (Wildman–Crippen LogP) is 10.6. The summed E-state index contributed by atoms with van der Waals surface area (Å²) in [6, 6.07) is 29.6. The van der Waals surface area contributed by atoms with E-state index in [2.05, 4.69) is 123 Å². The molecule has 0 amide bonds. The summed E-state index contributed by atoms with van der Waals surface area (Å²) in [5.41, 5.74) is 10.8. The van der Waals surface area contributed by atoms with Crippen LogP contribution in [0.25, 0.3) is 55.5 Å². The van der Waals surface area contributed by atoms with Crippen LogP contribution in [0.1, 0.15) is 70.3 Å². The molecule has 0 atom stereocenters. The second kappa shape index (κ2) is 14.0. The van der Waals surface area contributed by atoms with Gasteiger partial charge in [0.1, 0.15) is 16.9 Å². The van der Waals surface area contributed by atoms with E-state index < -0.39 is 8.07 Å². The summed E-state index contributed by atoms with van der Waals surface area (Å²) < 4.78 is 8.94. The Kier molecular flexibility index (Phi) is 10.1. The van der Waals surface area contributed by atoms with Gasteiger partial charge in [-0.05, 0) is 64.9 Å². The number of aromatic nitrogens is 4. The Hall–Kier alpha value is -3.90. The van der Waals surface area contributed by atoms with Crippen molar-refractivity contribution in [2.45, 2.75) is 91.4 Å². The maximum absolute atomic E-state index is 6.58. The van der Waals surface area contributed by atoms with Crippen LogP contribution >= 0.6 is 0 Å². The minimum absolute atomic E-state index is 0. The third kappa shape index (κ3) is 6.88. The second-order valence-electron chi connectivity index (χ2n) is 15.7. The van der Waals surface area contributed by atoms with Gasteiger partial charge in [0, 0.05) is 50.9 Å². The molecule has 0 spiro atoms. The number of nitrogens with zero attached hydrogens (tertiary/aromatic N) is 4. The maximum Gasteiger partial charge on any atom is 0.146 e. The van der Waals surface area contributed by atoms with Crippen molar-refractivity contribution >= 4 is 46.2 Å². The minimum Gasteiger partial charge on any atom is -0.498 e. The molecule has 50 heavy (non-hydrogen) atoms. The summed E-state index contributed by atoms with van der Waals surface area (Å²) in [5, 5.41) is 3.65. The van der Waals surface area contributed by atoms with E-state index in [9.17, 15) is 0 Å². The number of imidazole rings is 1. The largest absolute Gasteiger partial charge is 0.498 e. The summed E-state index contributed by atoms with van der Waals surface area (Å²) in [5.74, 6) is 1.68. The maximum atomic E-state index is 6.58. The van der Waals surface area contributed by atoms with E-state index in [0.717, 1.165) is 68.5 Å². The van der Waals surface area contributed by atoms with Gasteiger partial charge in [0.15, 0.2) is 0 Å². The molecular weight excluding hydrogens is 809 g/mol. The van der Waals surface area contributed by atoms with E-state index in [4.69, 9.17) is 9.40 Å². The van der Waals surface area contributed by atoms with Crippen LogP contribution in [0.15, 0.2) is 83.5 Å². The van der Waals surface area contributed by atoms with E-state index in [0.29, 0.717) is 5.92 Å². The fraction of sp³-hybridized carbons (Fsp3) is 0.326. The Morgan fingerprint density at radius 1 is 0.860 bits per heavy atom. The monoisotopic (exact) mass is 855 g/mol. The summed E-state index contributed by atoms with van der Waals surface area (Å²) in [7, 11) is -1.44. The Bertz CT molecular complexity index is 2290. The fourth-order valence-corrected chi connectivity index (χ4v) is 8.09. The normalized spacial score (nSPS) is 13.3. The van der Waals surface area contributed by atoms with E-state index >= 15 is 0 Å². The SMILES string of the molecule is CC(C)c1cc(-c2[c-]cccc2)ncc1C(C)(C)C.C[Si](C)(C)c1ccnc(-c2[c-]ccc3c2oc2c3ccc3nc4n(c32)CCCC4)c1.[Ir]. The quantitative estimate of drug-likeness (QED) is 0.131. The van der Waals surface area contributed by atoms with Crippen LogP contribution < -0.4 is 5.19 Å². The van der Waals surface area contributed by atoms with Gasteiger partial charge < -0.3 is 19.0 Å². The van der Waals surface area contributed by atoms with Crippen molar-refractivity contribution in [1.29, 1.82) is 0 Å². The van der Waals surface area contributed by atoms with Gasteiger partial charge in [-0.1, -0.05) is 82.5 Å². The van der Waals surface area contributed by atoms with Gasteiger partial charge in [0.2, 0.25) is 0 Å². The number of benzene rings is 3. The number of hydrogen-bond acceptors (Lipinski definition) is 4. The molecule has 7 heteroatoms. The Labute approximate surface area is 310 Å². The van der Waals surface area contributed by atoms with Crippen LogP contribution in [0.5, 0.6) is 0 Å². The molecule has 7 aromatic rings. The second-order valence-corrected chi connectivity index (χ2v) is 20.7. The first kappa shape index (κ1) is 35.9. The fourth-order valence-electron chi connectivity index (χ4n) is 6.94. The predicted molar refractivity (Wildman–Crippen MR) is 206 cm³/mol. The number of rotatable bonds is 4. The van der Waals surface area contributed by atoms with Crippen LogP contribution in [0.3, 0.4) is 0 Å². The van der Waals surface area contributed by atoms with Crippen LogP contribution in [0.2, 0.25) is 19.6 Å². The van der Waals surface area contributed by atoms with Crippen LogP contribution in [0, 0.1) is 12.1 Å². The number of pyridine rings is 2. The number of hydrogen-bond donors (Lipinski definition) is 0. The number of fused-ring (bicyclic) bond motifs is 7. The van der Waals surface area contributed by atoms with Crippen molar-refractivity contribution < 1.29 is 24.5 Å². The topological polar surface area (TPSA) is 56.7 Å². The summed E-state index contributed by atoms with van der Waals surface area (Å²) in [4.78, 5) is 14.2. The average molecular weight is 855 g/mol. The van der Waals surface area contributed by atoms with Gasteiger partial charge in [0.05, 0.1) is 19.2 Å². The van der Waals surface area contributed by atoms with Gasteiger partial charge >= 0.3 is 0 Å². The zero-order valence-electron chi connectivity index (χ0n) is 30.4. The van der Waals surface area contributed by atoms with Gasteiger partial charge in [-0.25, -0.2) is 4.98 Å². The zero-order chi connectivity index (χ0) is 34.5. The molecule has 259 valence electrons. The zero-order valence-corrected chi connectivity index (χ0v) is 33.8. The summed E-state index contributed by atoms with van der Waals surface area (Å²) in [6.07, 6.45) is 7.41. The first-order valence-corrected chi connectivity index (χ1v) is 21.1. The van der Waals surface area contributed by atoms with Gasteiger partial charge in [-0.2, -0.15) is 0 Å². The molecule has 1 aliphatic rings. The first-order chi connectivity index (χ1) is 23.4. The van der Waals surface area contributed by atoms with Crippen LogP contribution in [-0.4, -0.2) is 27.6 Å². The molecule has 0 N–H and O–H groups in total. The summed E-state index contributed by atoms with van der Waals surface area (Å²) in [6.45, 7) is 19.3. The molecule has 8 rings (SSSR count). The molecule has 0 bridgehead atoms. The minimum atomic E-state index is -1.44. The van der Waals surface area contributed by atoms with E-state index in [1.807, 2.05) is 36.7 Å². The molecule has 0 aliphatic carbocycles. The van der Waals surface area contributed by atoms with Crippen molar-refractivity contribution in [2.75, 3.05) is 0 Å². The van der Waals surface area contributed by atoms with Gasteiger partial charge in [0.25, 0.3) is 0 Å². The van der Waals surface area contributed by atoms with Crippen LogP contribution in [-0.2, 0) is 38.5 Å². The van der Waals surface area contributed by atoms with Gasteiger partial charge in [-0.3, -0.25) is 0 Å². The van der Waals surface area contributed by atoms with Crippen molar-refractivity contribution in [1.82, 2.24) is 19.5 Å². The van der Waals surface area contributed by atoms with Crippen molar-refractivity contribution in [2.24, 2.45) is 0 Å². The van der Waals surface area contributed by atoms with Crippen molar-refractivity contribution in [3.05, 3.63) is 108 Å². The molecule has 0 fully saturated rings. The molecule has 0 saturated heterocycles. The first-order valence-electron chi connectivity index (χ1n) is 17.6. The van der Waals surface area contributed by atoms with Crippen molar-refractivity contribution in [3.8, 4) is 22.5 Å². The third-order valence-electron chi connectivity index (χ3n) is 9.65. The standard InChI is InChI=1S/C25H24N3OSi.C18H22N.Ir/c1-30(2,3)16-12-13-26-21(15-16)19-8-6-7-17-18-10-11-20-23(25(18)29-24(17)19)28-14-5-4-9-22(28)27-20;1-13(2)15-11-17(14-9-7-6-8-10-14)19-12-16(15)18(3,4)5;/h6-7,10-13,15H,4-5,9,14H2,1-3H3;6-9,11-13H,1-5H3;/q2*-1;. The Balaban J connectivity index is 0.000000188. The smallest absolute Gasteiger partial charge is 0.146 e. The number of aryl methyl sites for hydroxylation is 2. The van der Waals surface area contributed by atoms with E-state index in [1.54, 1.807) is 0 Å². The van der Waals surface area contributed by atoms with Crippen LogP contribution in [0.4, 0.5) is 0 Å². The Morgan fingerprint density at radius 3 is 2.38 bits per heavy atom. The molecule has 1 radical (unpaired) electrons. The van der Waals surface area contributed by atoms with Crippen molar-refractivity contribution in [3.63, 3.8) is 0 Å². The van der Waals surface area contributed by atoms with E-state index in [1.165, 1.54) is 35.0 Å². The molecule has 4 aromatic heterocycles. The Morgan fingerprint density at radius 2 is 1.66 bits per heavy atom. The van der Waals surface area contributed by atoms with Gasteiger partial charge in [-0.15, -0.1) is 54.1 Å². The molecule has 5 heterocycles. The molecule has 0 unspecified atom stereocenters. The summed E-state index contributed by atoms with van der Waals surface area (Å²) >= 11 is 0. The number of furan rings is 1. The van der Waals surface area contributed by atoms with E-state index in [-0.39, 0.29) is 25.5 Å².